The Balaban J connectivity index is 1.29. The number of amides is 3. The highest BCUT2D eigenvalue weighted by Crippen LogP contribution is 2.36. The molecule has 3 N–H and O–H groups in total. The summed E-state index contributed by atoms with van der Waals surface area (Å²) in [6, 6.07) is 11.2. The van der Waals surface area contributed by atoms with Gasteiger partial charge < -0.3 is 20.1 Å². The van der Waals surface area contributed by atoms with Gasteiger partial charge in [0.15, 0.2) is 0 Å². The quantitative estimate of drug-likeness (QED) is 0.577. The molecule has 9 heteroatoms. The molecule has 5 rings (SSSR count). The Morgan fingerprint density at radius 3 is 2.49 bits per heavy atom. The second kappa shape index (κ2) is 10.2. The van der Waals surface area contributed by atoms with Crippen molar-refractivity contribution in [1.82, 2.24) is 15.1 Å². The summed E-state index contributed by atoms with van der Waals surface area (Å²) in [5.41, 5.74) is 10.3. The monoisotopic (exact) mass is 478 g/mol. The van der Waals surface area contributed by atoms with Crippen molar-refractivity contribution in [2.45, 2.75) is 45.1 Å². The van der Waals surface area contributed by atoms with E-state index in [9.17, 15) is 14.4 Å². The van der Waals surface area contributed by atoms with Crippen LogP contribution in [0.5, 0.6) is 5.75 Å². The van der Waals surface area contributed by atoms with Crippen molar-refractivity contribution >= 4 is 17.7 Å². The molecule has 2 aromatic carbocycles. The number of hydrogen-bond acceptors (Lipinski definition) is 7. The van der Waals surface area contributed by atoms with Crippen LogP contribution in [-0.4, -0.2) is 59.9 Å². The third kappa shape index (κ3) is 4.93. The van der Waals surface area contributed by atoms with Crippen LogP contribution in [0.25, 0.3) is 0 Å². The Labute approximate surface area is 204 Å². The number of piperidine rings is 1. The van der Waals surface area contributed by atoms with Crippen LogP contribution < -0.4 is 15.8 Å². The van der Waals surface area contributed by atoms with Crippen LogP contribution in [-0.2, 0) is 40.6 Å². The molecule has 0 aliphatic carbocycles. The lowest BCUT2D eigenvalue weighted by atomic mass is 10.0. The van der Waals surface area contributed by atoms with Crippen molar-refractivity contribution < 1.29 is 23.9 Å². The maximum atomic E-state index is 13.1. The van der Waals surface area contributed by atoms with E-state index in [1.54, 1.807) is 6.07 Å². The molecule has 0 spiro atoms. The van der Waals surface area contributed by atoms with Gasteiger partial charge in [0.2, 0.25) is 11.8 Å². The van der Waals surface area contributed by atoms with Gasteiger partial charge in [-0.05, 0) is 23.6 Å². The molecule has 2 saturated heterocycles. The first-order valence-electron chi connectivity index (χ1n) is 12.0. The topological polar surface area (TPSA) is 114 Å². The molecule has 184 valence electrons. The number of rotatable bonds is 7. The number of fused-ring (bicyclic) bond motifs is 1. The highest BCUT2D eigenvalue weighted by atomic mass is 16.5. The number of imide groups is 1. The summed E-state index contributed by atoms with van der Waals surface area (Å²) in [6.07, 6.45) is 0.538. The second-order valence-corrected chi connectivity index (χ2v) is 9.18. The molecule has 35 heavy (non-hydrogen) atoms. The fourth-order valence-corrected chi connectivity index (χ4v) is 4.92. The number of carbonyl (C=O) groups excluding carboxylic acids is 3. The maximum absolute atomic E-state index is 13.1. The van der Waals surface area contributed by atoms with Gasteiger partial charge in [-0.2, -0.15) is 0 Å². The van der Waals surface area contributed by atoms with Gasteiger partial charge in [0.1, 0.15) is 18.4 Å². The standard InChI is InChI=1S/C26H30N4O5/c27-13-19-5-6-20-21(15-30(26(20)33)22-7-8-23(31)28-25(22)32)24(19)35-16-18-3-1-17(2-4-18)14-29-9-11-34-12-10-29/h1-6,22H,7-16,27H2,(H,28,31,32)/t22-/m0/s1. The number of nitrogens with two attached hydrogens (primary N) is 1. The summed E-state index contributed by atoms with van der Waals surface area (Å²) in [6.45, 7) is 5.21. The van der Waals surface area contributed by atoms with Crippen LogP contribution in [0.2, 0.25) is 0 Å². The minimum absolute atomic E-state index is 0.218. The van der Waals surface area contributed by atoms with Gasteiger partial charge in [0.25, 0.3) is 5.91 Å². The number of nitrogens with zero attached hydrogens (tertiary/aromatic N) is 2. The predicted octanol–water partition coefficient (Wildman–Crippen LogP) is 1.32. The molecular weight excluding hydrogens is 448 g/mol. The van der Waals surface area contributed by atoms with Crippen LogP contribution >= 0.6 is 0 Å². The lowest BCUT2D eigenvalue weighted by Gasteiger charge is -2.29. The molecule has 2 fully saturated rings. The van der Waals surface area contributed by atoms with E-state index in [2.05, 4.69) is 34.5 Å². The van der Waals surface area contributed by atoms with Crippen molar-refractivity contribution in [3.63, 3.8) is 0 Å². The van der Waals surface area contributed by atoms with Gasteiger partial charge >= 0.3 is 0 Å². The maximum Gasteiger partial charge on any atom is 0.255 e. The fourth-order valence-electron chi connectivity index (χ4n) is 4.92. The van der Waals surface area contributed by atoms with Crippen molar-refractivity contribution in [2.24, 2.45) is 5.73 Å². The van der Waals surface area contributed by atoms with Gasteiger partial charge in [-0.25, -0.2) is 0 Å². The molecule has 0 unspecified atom stereocenters. The normalized spacial score (nSPS) is 20.7. The first kappa shape index (κ1) is 23.5. The Morgan fingerprint density at radius 2 is 1.77 bits per heavy atom. The molecule has 0 aromatic heterocycles. The predicted molar refractivity (Wildman–Crippen MR) is 127 cm³/mol. The second-order valence-electron chi connectivity index (χ2n) is 9.18. The van der Waals surface area contributed by atoms with Gasteiger partial charge in [-0.1, -0.05) is 30.3 Å². The third-order valence-corrected chi connectivity index (χ3v) is 6.88. The number of morpholine rings is 1. The van der Waals surface area contributed by atoms with Crippen molar-refractivity contribution in [3.05, 3.63) is 64.2 Å². The molecule has 9 nitrogen and oxygen atoms in total. The molecule has 1 atom stereocenters. The molecule has 0 saturated carbocycles. The molecule has 3 aliphatic heterocycles. The Kier molecular flexibility index (Phi) is 6.81. The summed E-state index contributed by atoms with van der Waals surface area (Å²) in [5, 5.41) is 2.34. The Bertz CT molecular complexity index is 1130. The number of ether oxygens (including phenoxy) is 2. The Hall–Kier alpha value is -3.27. The number of nitrogens with one attached hydrogen (secondary N) is 1. The minimum Gasteiger partial charge on any atom is -0.488 e. The largest absolute Gasteiger partial charge is 0.488 e. The van der Waals surface area contributed by atoms with Gasteiger partial charge in [0.05, 0.1) is 19.8 Å². The van der Waals surface area contributed by atoms with Crippen molar-refractivity contribution in [2.75, 3.05) is 26.3 Å². The zero-order chi connectivity index (χ0) is 24.4. The SMILES string of the molecule is NCc1ccc2c(c1OCc1ccc(CN3CCOCC3)cc1)CN([C@H]1CCC(=O)NC1=O)C2=O. The van der Waals surface area contributed by atoms with Crippen LogP contribution in [0.15, 0.2) is 36.4 Å². The lowest BCUT2D eigenvalue weighted by Crippen LogP contribution is -2.52. The molecular formula is C26H30N4O5. The van der Waals surface area contributed by atoms with Gasteiger partial charge in [0, 0.05) is 49.3 Å². The van der Waals surface area contributed by atoms with E-state index in [0.717, 1.165) is 49.5 Å². The molecule has 0 radical (unpaired) electrons. The van der Waals surface area contributed by atoms with E-state index < -0.39 is 11.9 Å². The Morgan fingerprint density at radius 1 is 1.03 bits per heavy atom. The van der Waals surface area contributed by atoms with Gasteiger partial charge in [-0.3, -0.25) is 24.6 Å². The molecule has 2 aromatic rings. The van der Waals surface area contributed by atoms with Crippen molar-refractivity contribution in [1.29, 1.82) is 0 Å². The first-order valence-corrected chi connectivity index (χ1v) is 12.0. The van der Waals surface area contributed by atoms with Crippen LogP contribution in [0.3, 0.4) is 0 Å². The van der Waals surface area contributed by atoms with E-state index in [0.29, 0.717) is 24.3 Å². The molecule has 0 bridgehead atoms. The highest BCUT2D eigenvalue weighted by molar-refractivity contribution is 6.05. The molecule has 3 heterocycles. The summed E-state index contributed by atoms with van der Waals surface area (Å²) in [7, 11) is 0. The minimum atomic E-state index is -0.666. The zero-order valence-electron chi connectivity index (χ0n) is 19.6. The van der Waals surface area contributed by atoms with E-state index in [1.165, 1.54) is 10.5 Å². The van der Waals surface area contributed by atoms with Crippen LogP contribution in [0, 0.1) is 0 Å². The summed E-state index contributed by atoms with van der Waals surface area (Å²) >= 11 is 0. The molecule has 3 amide bonds. The average molecular weight is 479 g/mol. The van der Waals surface area contributed by atoms with E-state index >= 15 is 0 Å². The summed E-state index contributed by atoms with van der Waals surface area (Å²) in [4.78, 5) is 40.9. The highest BCUT2D eigenvalue weighted by Gasteiger charge is 2.40. The van der Waals surface area contributed by atoms with Crippen LogP contribution in [0.4, 0.5) is 0 Å². The lowest BCUT2D eigenvalue weighted by molar-refractivity contribution is -0.136. The number of hydrogen-bond donors (Lipinski definition) is 2. The van der Waals surface area contributed by atoms with Gasteiger partial charge in [-0.15, -0.1) is 0 Å². The average Bonchev–Trinajstić information content (AvgIpc) is 3.20. The fraction of sp³-hybridized carbons (Fsp3) is 0.423. The van der Waals surface area contributed by atoms with Crippen molar-refractivity contribution in [3.8, 4) is 5.75 Å². The number of benzene rings is 2. The summed E-state index contributed by atoms with van der Waals surface area (Å²) < 4.78 is 11.6. The van der Waals surface area contributed by atoms with E-state index in [4.69, 9.17) is 15.2 Å². The number of carbonyl (C=O) groups is 3. The van der Waals surface area contributed by atoms with E-state index in [1.807, 2.05) is 6.07 Å². The van der Waals surface area contributed by atoms with E-state index in [-0.39, 0.29) is 31.3 Å². The zero-order valence-corrected chi connectivity index (χ0v) is 19.6. The smallest absolute Gasteiger partial charge is 0.255 e. The first-order chi connectivity index (χ1) is 17.0. The summed E-state index contributed by atoms with van der Waals surface area (Å²) in [5.74, 6) is -0.358. The third-order valence-electron chi connectivity index (χ3n) is 6.88. The van der Waals surface area contributed by atoms with Crippen LogP contribution in [0.1, 0.15) is 45.5 Å². The molecule has 3 aliphatic rings.